The smallest absolute Gasteiger partial charge is 1.00 e. The van der Waals surface area contributed by atoms with Gasteiger partial charge in [-0.2, -0.15) is 13.2 Å². The normalized spacial score (nSPS) is 12.6. The summed E-state index contributed by atoms with van der Waals surface area (Å²) in [7, 11) is 0. The second-order valence-corrected chi connectivity index (χ2v) is 7.52. The van der Waals surface area contributed by atoms with Crippen molar-refractivity contribution in [2.75, 3.05) is 5.73 Å². The number of aliphatic hydroxyl groups is 1. The van der Waals surface area contributed by atoms with Gasteiger partial charge in [0, 0.05) is 45.9 Å². The number of ether oxygens (including phenoxy) is 1. The van der Waals surface area contributed by atoms with Gasteiger partial charge in [-0.05, 0) is 43.2 Å². The number of nitrogen functional groups attached to an aromatic ring is 1. The first-order valence-corrected chi connectivity index (χ1v) is 10.2. The summed E-state index contributed by atoms with van der Waals surface area (Å²) in [6.07, 6.45) is -3.44. The molecule has 1 aliphatic rings. The minimum atomic E-state index is -4.95. The molecule has 0 heterocycles. The van der Waals surface area contributed by atoms with E-state index in [-0.39, 0.29) is 144 Å². The SMILES string of the molecule is Nc1ccc(Cl)cc1[C@@](O)(C#CC1CC1)C(F)(F)F.O=C(Cl)Oc1ccc([N+](=O)[O-])cc1.O=COO.[H-].[K+].[K+].[OH-]. The summed E-state index contributed by atoms with van der Waals surface area (Å²) in [5.74, 6) is 4.45. The largest absolute Gasteiger partial charge is 1.00 e. The summed E-state index contributed by atoms with van der Waals surface area (Å²) in [6, 6.07) is 8.58. The van der Waals surface area contributed by atoms with E-state index in [1.165, 1.54) is 36.4 Å². The van der Waals surface area contributed by atoms with Gasteiger partial charge in [0.05, 0.1) is 4.92 Å². The molecule has 2 aromatic rings. The second-order valence-electron chi connectivity index (χ2n) is 6.78. The number of halogens is 5. The quantitative estimate of drug-likeness (QED) is 0.0541. The van der Waals surface area contributed by atoms with Crippen LogP contribution in [0.4, 0.5) is 29.3 Å². The van der Waals surface area contributed by atoms with Crippen LogP contribution in [0.15, 0.2) is 42.5 Å². The molecule has 0 aliphatic heterocycles. The van der Waals surface area contributed by atoms with Gasteiger partial charge in [-0.25, -0.2) is 10.1 Å². The maximum absolute atomic E-state index is 13.1. The Balaban J connectivity index is -0.000000273. The van der Waals surface area contributed by atoms with Crippen molar-refractivity contribution in [3.05, 3.63) is 63.2 Å². The number of alkyl halides is 3. The van der Waals surface area contributed by atoms with Gasteiger partial charge in [-0.15, -0.1) is 0 Å². The van der Waals surface area contributed by atoms with Crippen molar-refractivity contribution < 1.29 is 157 Å². The molecule has 204 valence electrons. The molecule has 1 atom stereocenters. The molecule has 0 unspecified atom stereocenters. The van der Waals surface area contributed by atoms with Crippen LogP contribution in [-0.2, 0) is 15.3 Å². The van der Waals surface area contributed by atoms with E-state index < -0.39 is 27.7 Å². The van der Waals surface area contributed by atoms with E-state index in [4.69, 9.17) is 39.0 Å². The molecule has 0 aromatic heterocycles. The summed E-state index contributed by atoms with van der Waals surface area (Å²) < 4.78 is 43.8. The molecule has 0 saturated heterocycles. The molecule has 0 spiro atoms. The Hall–Kier alpha value is -0.337. The zero-order chi connectivity index (χ0) is 27.5. The number of non-ortho nitro benzene ring substituents is 1. The van der Waals surface area contributed by atoms with Crippen LogP contribution in [0.2, 0.25) is 5.02 Å². The Labute approximate surface area is 316 Å². The number of nitro benzene ring substituents is 1. The number of carbonyl (C=O) groups is 2. The Morgan fingerprint density at radius 1 is 1.21 bits per heavy atom. The van der Waals surface area contributed by atoms with Crippen LogP contribution in [0.3, 0.4) is 0 Å². The van der Waals surface area contributed by atoms with Crippen LogP contribution in [0, 0.1) is 27.9 Å². The number of hydrogen-bond donors (Lipinski definition) is 3. The first kappa shape index (κ1) is 43.1. The van der Waals surface area contributed by atoms with Gasteiger partial charge in [0.15, 0.2) is 0 Å². The molecule has 5 N–H and O–H groups in total. The molecule has 3 rings (SSSR count). The van der Waals surface area contributed by atoms with Gasteiger partial charge in [0.2, 0.25) is 5.60 Å². The fourth-order valence-electron chi connectivity index (χ4n) is 2.30. The first-order chi connectivity index (χ1) is 16.7. The standard InChI is InChI=1S/C13H11ClF3NO.C7H4ClNO4.CH2O3.2K.H2O.H/c14-9-3-4-11(18)10(7-9)12(19,13(15,16)17)6-5-8-1-2-8;8-7(10)13-6-3-1-5(2-4-6)9(11)12;2-1-4-3;;;;/h3-4,7-8,19H,1-2,18H2;1-4H;1,3H;;;1H2;/q;;;2*+1;;-1/p-1/t12-;;;;;;/m0....../s1. The van der Waals surface area contributed by atoms with Crippen molar-refractivity contribution in [1.29, 1.82) is 0 Å². The third-order valence-corrected chi connectivity index (χ3v) is 4.45. The van der Waals surface area contributed by atoms with Crippen molar-refractivity contribution in [2.24, 2.45) is 5.92 Å². The summed E-state index contributed by atoms with van der Waals surface area (Å²) in [5.41, 5.74) is 0.441. The van der Waals surface area contributed by atoms with Gasteiger partial charge in [0.1, 0.15) is 5.75 Å². The molecule has 39 heavy (non-hydrogen) atoms. The number of nitrogens with two attached hydrogens (primary N) is 1. The van der Waals surface area contributed by atoms with Crippen LogP contribution >= 0.6 is 23.2 Å². The van der Waals surface area contributed by atoms with Crippen LogP contribution in [0.1, 0.15) is 19.8 Å². The monoisotopic (exact) mass is 648 g/mol. The Morgan fingerprint density at radius 3 is 2.10 bits per heavy atom. The number of nitrogens with zero attached hydrogens (tertiary/aromatic N) is 1. The number of benzene rings is 2. The first-order valence-electron chi connectivity index (χ1n) is 9.48. The maximum Gasteiger partial charge on any atom is 1.00 e. The Kier molecular flexibility index (Phi) is 22.7. The molecule has 18 heteroatoms. The number of hydrogen-bond acceptors (Lipinski definition) is 10. The molecular formula is C21H19Cl2F3K2N2O9. The van der Waals surface area contributed by atoms with Gasteiger partial charge in [0.25, 0.3) is 5.69 Å². The average Bonchev–Trinajstić information content (AvgIpc) is 3.63. The topological polar surface area (TPSA) is 192 Å². The number of anilines is 1. The van der Waals surface area contributed by atoms with Crippen molar-refractivity contribution in [2.45, 2.75) is 24.6 Å². The van der Waals surface area contributed by atoms with Crippen LogP contribution in [0.25, 0.3) is 0 Å². The molecule has 11 nitrogen and oxygen atoms in total. The predicted octanol–water partition coefficient (Wildman–Crippen LogP) is -1.01. The number of rotatable bonds is 4. The van der Waals surface area contributed by atoms with Gasteiger partial charge in [-0.1, -0.05) is 23.4 Å². The van der Waals surface area contributed by atoms with Gasteiger partial charge < -0.3 is 27.4 Å². The van der Waals surface area contributed by atoms with E-state index >= 15 is 0 Å². The van der Waals surface area contributed by atoms with E-state index in [1.807, 2.05) is 5.92 Å². The zero-order valence-corrected chi connectivity index (χ0v) is 28.1. The summed E-state index contributed by atoms with van der Waals surface area (Å²) in [6.45, 7) is -0.0694. The second kappa shape index (κ2) is 20.5. The van der Waals surface area contributed by atoms with Crippen molar-refractivity contribution in [1.82, 2.24) is 0 Å². The van der Waals surface area contributed by atoms with Gasteiger partial charge in [-0.3, -0.25) is 14.9 Å². The Bertz CT molecular complexity index is 1150. The zero-order valence-electron chi connectivity index (χ0n) is 21.3. The molecule has 2 aromatic carbocycles. The number of nitro groups is 1. The molecule has 1 saturated carbocycles. The van der Waals surface area contributed by atoms with Crippen molar-refractivity contribution in [3.63, 3.8) is 0 Å². The van der Waals surface area contributed by atoms with E-state index in [0.717, 1.165) is 18.9 Å². The average molecular weight is 649 g/mol. The van der Waals surface area contributed by atoms with E-state index in [9.17, 15) is 33.2 Å². The minimum Gasteiger partial charge on any atom is -1.00 e. The molecule has 0 bridgehead atoms. The van der Waals surface area contributed by atoms with Crippen LogP contribution in [0.5, 0.6) is 5.75 Å². The van der Waals surface area contributed by atoms with E-state index in [1.54, 1.807) is 0 Å². The third-order valence-electron chi connectivity index (χ3n) is 4.14. The minimum absolute atomic E-state index is 0. The molecule has 1 fully saturated rings. The summed E-state index contributed by atoms with van der Waals surface area (Å²) in [5, 5.41) is 27.2. The fraction of sp³-hybridized carbons (Fsp3) is 0.238. The van der Waals surface area contributed by atoms with E-state index in [0.29, 0.717) is 0 Å². The molecule has 1 aliphatic carbocycles. The van der Waals surface area contributed by atoms with Crippen molar-refractivity contribution in [3.8, 4) is 17.6 Å². The summed E-state index contributed by atoms with van der Waals surface area (Å²) in [4.78, 5) is 31.5. The maximum atomic E-state index is 13.1. The van der Waals surface area contributed by atoms with Crippen LogP contribution in [-0.4, -0.2) is 38.8 Å². The predicted molar refractivity (Wildman–Crippen MR) is 124 cm³/mol. The fourth-order valence-corrected chi connectivity index (χ4v) is 2.56. The molecule has 0 amide bonds. The molecular weight excluding hydrogens is 630 g/mol. The number of carbonyl (C=O) groups excluding carboxylic acids is 2. The van der Waals surface area contributed by atoms with E-state index in [2.05, 4.69) is 15.5 Å². The summed E-state index contributed by atoms with van der Waals surface area (Å²) >= 11 is 10.6. The Morgan fingerprint density at radius 2 is 1.72 bits per heavy atom. The third kappa shape index (κ3) is 15.5. The van der Waals surface area contributed by atoms with Gasteiger partial charge >= 0.3 is 121 Å². The van der Waals surface area contributed by atoms with Crippen molar-refractivity contribution >= 4 is 46.5 Å². The van der Waals surface area contributed by atoms with Crippen LogP contribution < -0.4 is 113 Å². The molecule has 0 radical (unpaired) electrons.